The topological polar surface area (TPSA) is 9.23 Å². The summed E-state index contributed by atoms with van der Waals surface area (Å²) < 4.78 is 5.53. The molecule has 1 aliphatic rings. The first kappa shape index (κ1) is 11.1. The molecular formula is C11H20OS. The van der Waals surface area contributed by atoms with Gasteiger partial charge >= 0.3 is 0 Å². The van der Waals surface area contributed by atoms with E-state index in [1.54, 1.807) is 0 Å². The fourth-order valence-corrected chi connectivity index (χ4v) is 2.14. The molecule has 0 aromatic heterocycles. The van der Waals surface area contributed by atoms with E-state index in [-0.39, 0.29) is 5.41 Å². The van der Waals surface area contributed by atoms with Gasteiger partial charge in [-0.15, -0.1) is 0 Å². The van der Waals surface area contributed by atoms with Gasteiger partial charge in [0.25, 0.3) is 0 Å². The predicted octanol–water partition coefficient (Wildman–Crippen LogP) is 3.11. The smallest absolute Gasteiger partial charge is 0.0695 e. The largest absolute Gasteiger partial charge is 0.373 e. The number of hydrogen-bond acceptors (Lipinski definition) is 2. The van der Waals surface area contributed by atoms with Crippen LogP contribution in [0.5, 0.6) is 0 Å². The molecule has 0 spiro atoms. The lowest BCUT2D eigenvalue weighted by Crippen LogP contribution is -2.15. The van der Waals surface area contributed by atoms with E-state index in [0.29, 0.717) is 5.25 Å². The number of hydrogen-bond donors (Lipinski definition) is 0. The third-order valence-electron chi connectivity index (χ3n) is 2.64. The average Bonchev–Trinajstić information content (AvgIpc) is 2.49. The van der Waals surface area contributed by atoms with E-state index in [1.807, 2.05) is 11.8 Å². The van der Waals surface area contributed by atoms with Crippen LogP contribution in [0.15, 0.2) is 11.1 Å². The van der Waals surface area contributed by atoms with E-state index in [9.17, 15) is 0 Å². The highest BCUT2D eigenvalue weighted by Gasteiger charge is 2.27. The Balaban J connectivity index is 2.90. The summed E-state index contributed by atoms with van der Waals surface area (Å²) in [5.41, 5.74) is 3.30. The van der Waals surface area contributed by atoms with E-state index in [0.717, 1.165) is 13.2 Å². The maximum Gasteiger partial charge on any atom is 0.0695 e. The second kappa shape index (κ2) is 4.05. The Labute approximate surface area is 85.9 Å². The minimum Gasteiger partial charge on any atom is -0.373 e. The minimum atomic E-state index is 0.274. The van der Waals surface area contributed by atoms with Crippen molar-refractivity contribution >= 4 is 11.8 Å². The Morgan fingerprint density at radius 2 is 1.92 bits per heavy atom. The summed E-state index contributed by atoms with van der Waals surface area (Å²) in [5, 5.41) is 0.608. The van der Waals surface area contributed by atoms with Crippen molar-refractivity contribution in [2.45, 2.75) is 32.9 Å². The zero-order valence-corrected chi connectivity index (χ0v) is 10.1. The molecular weight excluding hydrogens is 180 g/mol. The zero-order valence-electron chi connectivity index (χ0n) is 9.31. The van der Waals surface area contributed by atoms with Crippen molar-refractivity contribution < 1.29 is 4.74 Å². The van der Waals surface area contributed by atoms with Gasteiger partial charge in [0.1, 0.15) is 0 Å². The van der Waals surface area contributed by atoms with Crippen LogP contribution in [0.25, 0.3) is 0 Å². The van der Waals surface area contributed by atoms with Gasteiger partial charge in [0.05, 0.1) is 13.2 Å². The summed E-state index contributed by atoms with van der Waals surface area (Å²) in [6, 6.07) is 0. The monoisotopic (exact) mass is 200 g/mol. The summed E-state index contributed by atoms with van der Waals surface area (Å²) in [7, 11) is 0. The summed E-state index contributed by atoms with van der Waals surface area (Å²) in [5.74, 6) is 0. The summed E-state index contributed by atoms with van der Waals surface area (Å²) >= 11 is 1.90. The third kappa shape index (κ3) is 2.50. The Morgan fingerprint density at radius 1 is 1.31 bits per heavy atom. The van der Waals surface area contributed by atoms with E-state index < -0.39 is 0 Å². The summed E-state index contributed by atoms with van der Waals surface area (Å²) in [4.78, 5) is 0. The van der Waals surface area contributed by atoms with Gasteiger partial charge in [-0.25, -0.2) is 0 Å². The molecule has 0 bridgehead atoms. The Kier molecular flexibility index (Phi) is 3.47. The molecule has 76 valence electrons. The van der Waals surface area contributed by atoms with Gasteiger partial charge in [0.2, 0.25) is 0 Å². The summed E-state index contributed by atoms with van der Waals surface area (Å²) in [6.45, 7) is 10.7. The highest BCUT2D eigenvalue weighted by atomic mass is 32.2. The normalized spacial score (nSPS) is 21.0. The van der Waals surface area contributed by atoms with Crippen molar-refractivity contribution in [1.29, 1.82) is 0 Å². The van der Waals surface area contributed by atoms with E-state index in [1.165, 1.54) is 11.1 Å². The van der Waals surface area contributed by atoms with E-state index in [4.69, 9.17) is 4.74 Å². The Morgan fingerprint density at radius 3 is 2.38 bits per heavy atom. The molecule has 1 unspecified atom stereocenters. The SMILES string of the molecule is CSC(C)C1=C(C(C)(C)C)COC1. The number of thioether (sulfide) groups is 1. The van der Waals surface area contributed by atoms with Gasteiger partial charge in [-0.3, -0.25) is 0 Å². The highest BCUT2D eigenvalue weighted by Crippen LogP contribution is 2.35. The van der Waals surface area contributed by atoms with Crippen LogP contribution in [0.3, 0.4) is 0 Å². The van der Waals surface area contributed by atoms with Gasteiger partial charge < -0.3 is 4.74 Å². The quantitative estimate of drug-likeness (QED) is 0.633. The van der Waals surface area contributed by atoms with Gasteiger partial charge in [-0.2, -0.15) is 11.8 Å². The molecule has 0 amide bonds. The average molecular weight is 200 g/mol. The number of ether oxygens (including phenoxy) is 1. The maximum atomic E-state index is 5.53. The van der Waals surface area contributed by atoms with Crippen molar-refractivity contribution in [2.24, 2.45) is 5.41 Å². The van der Waals surface area contributed by atoms with Crippen LogP contribution >= 0.6 is 11.8 Å². The standard InChI is InChI=1S/C11H20OS/c1-8(13-5)9-6-12-7-10(9)11(2,3)4/h8H,6-7H2,1-5H3. The zero-order chi connectivity index (χ0) is 10.1. The Hall–Kier alpha value is 0.0500. The van der Waals surface area contributed by atoms with E-state index >= 15 is 0 Å². The molecule has 1 nitrogen and oxygen atoms in total. The fraction of sp³-hybridized carbons (Fsp3) is 0.818. The van der Waals surface area contributed by atoms with Crippen molar-refractivity contribution in [3.05, 3.63) is 11.1 Å². The van der Waals surface area contributed by atoms with Crippen molar-refractivity contribution in [3.63, 3.8) is 0 Å². The van der Waals surface area contributed by atoms with Crippen LogP contribution in [0.1, 0.15) is 27.7 Å². The molecule has 0 fully saturated rings. The Bertz CT molecular complexity index is 213. The van der Waals surface area contributed by atoms with Crippen molar-refractivity contribution in [3.8, 4) is 0 Å². The molecule has 0 aromatic carbocycles. The second-order valence-corrected chi connectivity index (χ2v) is 5.80. The molecule has 1 heterocycles. The molecule has 1 rings (SSSR count). The molecule has 1 aliphatic heterocycles. The molecule has 0 saturated carbocycles. The van der Waals surface area contributed by atoms with Gasteiger partial charge in [-0.05, 0) is 29.7 Å². The summed E-state index contributed by atoms with van der Waals surface area (Å²) in [6.07, 6.45) is 2.16. The molecule has 13 heavy (non-hydrogen) atoms. The third-order valence-corrected chi connectivity index (χ3v) is 3.63. The molecule has 1 atom stereocenters. The molecule has 0 N–H and O–H groups in total. The number of rotatable bonds is 2. The fourth-order valence-electron chi connectivity index (χ4n) is 1.65. The van der Waals surface area contributed by atoms with Crippen LogP contribution in [0.4, 0.5) is 0 Å². The predicted molar refractivity (Wildman–Crippen MR) is 60.3 cm³/mol. The lowest BCUT2D eigenvalue weighted by Gasteiger charge is -2.23. The minimum absolute atomic E-state index is 0.274. The highest BCUT2D eigenvalue weighted by molar-refractivity contribution is 7.99. The van der Waals surface area contributed by atoms with Crippen LogP contribution in [0, 0.1) is 5.41 Å². The molecule has 0 saturated heterocycles. The van der Waals surface area contributed by atoms with Crippen molar-refractivity contribution in [1.82, 2.24) is 0 Å². The second-order valence-electron chi connectivity index (χ2n) is 4.62. The first-order valence-electron chi connectivity index (χ1n) is 4.79. The molecule has 0 aromatic rings. The molecule has 2 heteroatoms. The lowest BCUT2D eigenvalue weighted by molar-refractivity contribution is 0.195. The molecule has 0 aliphatic carbocycles. The van der Waals surface area contributed by atoms with Crippen LogP contribution in [-0.2, 0) is 4.74 Å². The van der Waals surface area contributed by atoms with Gasteiger partial charge in [-0.1, -0.05) is 20.8 Å². The first-order chi connectivity index (χ1) is 5.96. The lowest BCUT2D eigenvalue weighted by atomic mass is 9.84. The van der Waals surface area contributed by atoms with Gasteiger partial charge in [0, 0.05) is 5.25 Å². The van der Waals surface area contributed by atoms with E-state index in [2.05, 4.69) is 34.0 Å². The van der Waals surface area contributed by atoms with Crippen molar-refractivity contribution in [2.75, 3.05) is 19.5 Å². The van der Waals surface area contributed by atoms with Crippen LogP contribution in [-0.4, -0.2) is 24.7 Å². The van der Waals surface area contributed by atoms with Crippen LogP contribution < -0.4 is 0 Å². The maximum absolute atomic E-state index is 5.53. The van der Waals surface area contributed by atoms with Gasteiger partial charge in [0.15, 0.2) is 0 Å². The first-order valence-corrected chi connectivity index (χ1v) is 6.08. The van der Waals surface area contributed by atoms with Crippen LogP contribution in [0.2, 0.25) is 0 Å². The molecule has 0 radical (unpaired) electrons.